The molecular formula is C15H14F2N2O2S. The van der Waals surface area contributed by atoms with Crippen molar-refractivity contribution in [1.82, 2.24) is 4.98 Å². The number of carbonyl (C=O) groups excluding carboxylic acids is 1. The number of benzene rings is 1. The number of halogens is 2. The molecule has 3 rings (SSSR count). The second-order valence-corrected chi connectivity index (χ2v) is 6.03. The summed E-state index contributed by atoms with van der Waals surface area (Å²) in [6.45, 7) is 0.574. The summed E-state index contributed by atoms with van der Waals surface area (Å²) < 4.78 is 32.1. The van der Waals surface area contributed by atoms with Crippen LogP contribution in [0.25, 0.3) is 11.3 Å². The van der Waals surface area contributed by atoms with Crippen LogP contribution in [0.1, 0.15) is 12.8 Å². The van der Waals surface area contributed by atoms with Gasteiger partial charge in [0, 0.05) is 10.9 Å². The summed E-state index contributed by atoms with van der Waals surface area (Å²) in [5.41, 5.74) is 0.359. The van der Waals surface area contributed by atoms with Crippen LogP contribution >= 0.6 is 11.3 Å². The Morgan fingerprint density at radius 2 is 2.23 bits per heavy atom. The van der Waals surface area contributed by atoms with E-state index in [1.165, 1.54) is 0 Å². The van der Waals surface area contributed by atoms with Crippen molar-refractivity contribution in [2.45, 2.75) is 12.8 Å². The number of amides is 1. The smallest absolute Gasteiger partial charge is 0.252 e. The highest BCUT2D eigenvalue weighted by Gasteiger charge is 2.21. The first-order chi connectivity index (χ1) is 10.6. The number of thiazole rings is 1. The summed E-state index contributed by atoms with van der Waals surface area (Å²) in [5, 5.41) is 4.49. The normalized spacial score (nSPS) is 14.1. The summed E-state index contributed by atoms with van der Waals surface area (Å²) in [6.07, 6.45) is 2.33. The second-order valence-electron chi connectivity index (χ2n) is 5.17. The number of rotatable bonds is 6. The molecule has 7 heteroatoms. The molecule has 2 aromatic rings. The molecule has 1 N–H and O–H groups in total. The minimum Gasteiger partial charge on any atom is -0.371 e. The van der Waals surface area contributed by atoms with E-state index in [2.05, 4.69) is 10.3 Å². The predicted molar refractivity (Wildman–Crippen MR) is 79.6 cm³/mol. The summed E-state index contributed by atoms with van der Waals surface area (Å²) in [6, 6.07) is 3.17. The summed E-state index contributed by atoms with van der Waals surface area (Å²) >= 11 is 1.15. The highest BCUT2D eigenvalue weighted by Crippen LogP contribution is 2.29. The largest absolute Gasteiger partial charge is 0.371 e. The van der Waals surface area contributed by atoms with E-state index in [-0.39, 0.29) is 23.8 Å². The van der Waals surface area contributed by atoms with Gasteiger partial charge in [-0.25, -0.2) is 13.8 Å². The molecule has 4 nitrogen and oxygen atoms in total. The van der Waals surface area contributed by atoms with Gasteiger partial charge in [-0.2, -0.15) is 0 Å². The fourth-order valence-electron chi connectivity index (χ4n) is 1.91. The Hall–Kier alpha value is -1.86. The third-order valence-electron chi connectivity index (χ3n) is 3.24. The molecule has 0 atom stereocenters. The van der Waals surface area contributed by atoms with E-state index >= 15 is 0 Å². The third-order valence-corrected chi connectivity index (χ3v) is 4.00. The number of carbonyl (C=O) groups is 1. The summed E-state index contributed by atoms with van der Waals surface area (Å²) in [4.78, 5) is 15.8. The quantitative estimate of drug-likeness (QED) is 0.885. The fourth-order valence-corrected chi connectivity index (χ4v) is 2.63. The second kappa shape index (κ2) is 6.50. The van der Waals surface area contributed by atoms with Crippen molar-refractivity contribution in [1.29, 1.82) is 0 Å². The Kier molecular flexibility index (Phi) is 4.44. The standard InChI is InChI=1S/C15H14F2N2O2S/c16-10-3-4-12(17)11(5-10)13-8-22-15(18-13)19-14(20)7-21-6-9-1-2-9/h3-5,8-9H,1-2,6-7H2,(H,18,19,20). The Bertz CT molecular complexity index is 686. The number of aromatic nitrogens is 1. The van der Waals surface area contributed by atoms with Gasteiger partial charge in [-0.05, 0) is 37.0 Å². The van der Waals surface area contributed by atoms with Gasteiger partial charge in [-0.15, -0.1) is 11.3 Å². The average molecular weight is 324 g/mol. The molecule has 0 unspecified atom stereocenters. The van der Waals surface area contributed by atoms with Crippen molar-refractivity contribution in [3.05, 3.63) is 35.2 Å². The maximum Gasteiger partial charge on any atom is 0.252 e. The molecule has 1 aliphatic rings. The first-order valence-corrected chi connectivity index (χ1v) is 7.78. The number of hydrogen-bond donors (Lipinski definition) is 1. The van der Waals surface area contributed by atoms with Crippen LogP contribution in [0.3, 0.4) is 0 Å². The Balaban J connectivity index is 1.60. The minimum atomic E-state index is -0.558. The Labute approximate surface area is 130 Å². The maximum atomic E-state index is 13.7. The van der Waals surface area contributed by atoms with E-state index in [0.717, 1.165) is 42.4 Å². The highest BCUT2D eigenvalue weighted by atomic mass is 32.1. The number of nitrogens with zero attached hydrogens (tertiary/aromatic N) is 1. The lowest BCUT2D eigenvalue weighted by molar-refractivity contribution is -0.120. The monoisotopic (exact) mass is 324 g/mol. The molecule has 1 heterocycles. The topological polar surface area (TPSA) is 51.2 Å². The Morgan fingerprint density at radius 3 is 3.00 bits per heavy atom. The number of hydrogen-bond acceptors (Lipinski definition) is 4. The molecular weight excluding hydrogens is 310 g/mol. The van der Waals surface area contributed by atoms with Gasteiger partial charge < -0.3 is 4.74 Å². The zero-order valence-corrected chi connectivity index (χ0v) is 12.5. The molecule has 1 amide bonds. The highest BCUT2D eigenvalue weighted by molar-refractivity contribution is 7.14. The molecule has 1 saturated carbocycles. The van der Waals surface area contributed by atoms with E-state index in [0.29, 0.717) is 17.7 Å². The van der Waals surface area contributed by atoms with Gasteiger partial charge in [-0.1, -0.05) is 0 Å². The SMILES string of the molecule is O=C(COCC1CC1)Nc1nc(-c2cc(F)ccc2F)cs1. The molecule has 0 spiro atoms. The first kappa shape index (κ1) is 15.1. The van der Waals surface area contributed by atoms with E-state index in [1.54, 1.807) is 5.38 Å². The van der Waals surface area contributed by atoms with Gasteiger partial charge in [0.25, 0.3) is 5.91 Å². The van der Waals surface area contributed by atoms with Crippen LogP contribution in [0, 0.1) is 17.6 Å². The van der Waals surface area contributed by atoms with Crippen LogP contribution in [0.15, 0.2) is 23.6 Å². The summed E-state index contributed by atoms with van der Waals surface area (Å²) in [7, 11) is 0. The zero-order chi connectivity index (χ0) is 15.5. The number of anilines is 1. The number of ether oxygens (including phenoxy) is 1. The molecule has 1 fully saturated rings. The predicted octanol–water partition coefficient (Wildman–Crippen LogP) is 3.45. The molecule has 0 aliphatic heterocycles. The van der Waals surface area contributed by atoms with Crippen molar-refractivity contribution in [2.75, 3.05) is 18.5 Å². The molecule has 1 aromatic carbocycles. The molecule has 1 aromatic heterocycles. The molecule has 0 saturated heterocycles. The van der Waals surface area contributed by atoms with Crippen molar-refractivity contribution in [2.24, 2.45) is 5.92 Å². The average Bonchev–Trinajstić information content (AvgIpc) is 3.19. The van der Waals surface area contributed by atoms with Gasteiger partial charge in [-0.3, -0.25) is 10.1 Å². The molecule has 116 valence electrons. The fraction of sp³-hybridized carbons (Fsp3) is 0.333. The van der Waals surface area contributed by atoms with E-state index < -0.39 is 11.6 Å². The lowest BCUT2D eigenvalue weighted by Crippen LogP contribution is -2.18. The van der Waals surface area contributed by atoms with Crippen molar-refractivity contribution in [3.63, 3.8) is 0 Å². The number of nitrogens with one attached hydrogen (secondary N) is 1. The molecule has 1 aliphatic carbocycles. The van der Waals surface area contributed by atoms with Crippen LogP contribution in [0.4, 0.5) is 13.9 Å². The van der Waals surface area contributed by atoms with Gasteiger partial charge in [0.1, 0.15) is 18.2 Å². The van der Waals surface area contributed by atoms with Gasteiger partial charge >= 0.3 is 0 Å². The van der Waals surface area contributed by atoms with Crippen LogP contribution in [0.2, 0.25) is 0 Å². The molecule has 0 radical (unpaired) electrons. The van der Waals surface area contributed by atoms with E-state index in [4.69, 9.17) is 4.74 Å². The van der Waals surface area contributed by atoms with Gasteiger partial charge in [0.2, 0.25) is 0 Å². The first-order valence-electron chi connectivity index (χ1n) is 6.90. The van der Waals surface area contributed by atoms with Crippen LogP contribution in [0.5, 0.6) is 0 Å². The lowest BCUT2D eigenvalue weighted by atomic mass is 10.1. The van der Waals surface area contributed by atoms with Crippen molar-refractivity contribution < 1.29 is 18.3 Å². The third kappa shape index (κ3) is 3.86. The van der Waals surface area contributed by atoms with Crippen molar-refractivity contribution >= 4 is 22.4 Å². The maximum absolute atomic E-state index is 13.7. The van der Waals surface area contributed by atoms with Crippen LogP contribution < -0.4 is 5.32 Å². The van der Waals surface area contributed by atoms with Gasteiger partial charge in [0.05, 0.1) is 12.3 Å². The minimum absolute atomic E-state index is 0.0280. The van der Waals surface area contributed by atoms with E-state index in [1.807, 2.05) is 0 Å². The van der Waals surface area contributed by atoms with Crippen LogP contribution in [-0.2, 0) is 9.53 Å². The Morgan fingerprint density at radius 1 is 1.41 bits per heavy atom. The van der Waals surface area contributed by atoms with Crippen molar-refractivity contribution in [3.8, 4) is 11.3 Å². The van der Waals surface area contributed by atoms with Gasteiger partial charge in [0.15, 0.2) is 5.13 Å². The van der Waals surface area contributed by atoms with Crippen LogP contribution in [-0.4, -0.2) is 24.1 Å². The lowest BCUT2D eigenvalue weighted by Gasteiger charge is -2.03. The molecule has 22 heavy (non-hydrogen) atoms. The van der Waals surface area contributed by atoms with E-state index in [9.17, 15) is 13.6 Å². The molecule has 0 bridgehead atoms. The zero-order valence-electron chi connectivity index (χ0n) is 11.6. The summed E-state index contributed by atoms with van der Waals surface area (Å²) in [5.74, 6) is -0.808.